The molecule has 0 spiro atoms. The Labute approximate surface area is 208 Å². The number of nitrogens with two attached hydrogens (primary N) is 2. The Balaban J connectivity index is 1.51. The number of nitrogens with zero attached hydrogens (tertiary/aromatic N) is 5. The number of fused-ring (bicyclic) bond motifs is 1. The van der Waals surface area contributed by atoms with Crippen LogP contribution in [0.15, 0.2) is 35.4 Å². The van der Waals surface area contributed by atoms with E-state index in [1.807, 2.05) is 13.8 Å². The number of ether oxygens (including phenoxy) is 1. The second kappa shape index (κ2) is 10.9. The number of benzene rings is 1. The van der Waals surface area contributed by atoms with Crippen molar-refractivity contribution in [2.24, 2.45) is 16.8 Å². The van der Waals surface area contributed by atoms with Crippen molar-refractivity contribution < 1.29 is 18.7 Å². The maximum atomic E-state index is 14.9. The molecule has 5 N–H and O–H groups in total. The van der Waals surface area contributed by atoms with Crippen LogP contribution in [-0.2, 0) is 17.7 Å². The van der Waals surface area contributed by atoms with Crippen molar-refractivity contribution in [1.82, 2.24) is 19.8 Å². The van der Waals surface area contributed by atoms with Crippen LogP contribution < -0.4 is 17.0 Å². The van der Waals surface area contributed by atoms with Gasteiger partial charge in [0.2, 0.25) is 0 Å². The Hall–Kier alpha value is -3.77. The molecule has 1 fully saturated rings. The van der Waals surface area contributed by atoms with Crippen LogP contribution in [0.2, 0.25) is 0 Å². The second-order valence-electron chi connectivity index (χ2n) is 8.97. The third-order valence-corrected chi connectivity index (χ3v) is 6.24. The molecule has 2 aromatic rings. The molecule has 1 aromatic heterocycles. The van der Waals surface area contributed by atoms with E-state index in [1.165, 1.54) is 17.1 Å². The van der Waals surface area contributed by atoms with E-state index in [4.69, 9.17) is 16.4 Å². The fourth-order valence-corrected chi connectivity index (χ4v) is 4.19. The highest BCUT2D eigenvalue weighted by Crippen LogP contribution is 2.24. The number of urea groups is 1. The fraction of sp³-hybridized carbons (Fsp3) is 0.417. The van der Waals surface area contributed by atoms with E-state index < -0.39 is 11.7 Å². The highest BCUT2D eigenvalue weighted by atomic mass is 19.1. The van der Waals surface area contributed by atoms with E-state index in [2.05, 4.69) is 15.4 Å². The first-order chi connectivity index (χ1) is 17.3. The molecule has 0 bridgehead atoms. The van der Waals surface area contributed by atoms with E-state index in [0.717, 1.165) is 11.1 Å². The van der Waals surface area contributed by atoms with Crippen LogP contribution in [-0.4, -0.2) is 76.5 Å². The number of hydrogen-bond acceptors (Lipinski definition) is 7. The Morgan fingerprint density at radius 3 is 2.61 bits per heavy atom. The largest absolute Gasteiger partial charge is 0.378 e. The van der Waals surface area contributed by atoms with Gasteiger partial charge in [-0.2, -0.15) is 5.10 Å². The number of aromatic nitrogens is 1. The van der Waals surface area contributed by atoms with Crippen molar-refractivity contribution in [3.05, 3.63) is 58.5 Å². The highest BCUT2D eigenvalue weighted by molar-refractivity contribution is 6.04. The van der Waals surface area contributed by atoms with Crippen LogP contribution in [0.5, 0.6) is 0 Å². The van der Waals surface area contributed by atoms with Gasteiger partial charge >= 0.3 is 6.03 Å². The molecule has 1 saturated heterocycles. The SMILES string of the molecule is CC(C)N(N)/C(=N\N)c1cccc(NC(=O)c2cc3c(cc2F)CCN(C(=O)N2CCOCC2)C3)n1. The van der Waals surface area contributed by atoms with Gasteiger partial charge in [-0.25, -0.2) is 20.0 Å². The Morgan fingerprint density at radius 1 is 1.17 bits per heavy atom. The molecule has 192 valence electrons. The van der Waals surface area contributed by atoms with E-state index in [1.54, 1.807) is 28.0 Å². The van der Waals surface area contributed by atoms with E-state index >= 15 is 0 Å². The molecule has 2 aliphatic rings. The lowest BCUT2D eigenvalue weighted by atomic mass is 9.96. The van der Waals surface area contributed by atoms with Gasteiger partial charge < -0.3 is 25.7 Å². The van der Waals surface area contributed by atoms with Gasteiger partial charge in [0.1, 0.15) is 17.3 Å². The van der Waals surface area contributed by atoms with Crippen LogP contribution in [0.25, 0.3) is 0 Å². The van der Waals surface area contributed by atoms with Crippen LogP contribution in [0.3, 0.4) is 0 Å². The van der Waals surface area contributed by atoms with Crippen molar-refractivity contribution in [3.63, 3.8) is 0 Å². The second-order valence-corrected chi connectivity index (χ2v) is 8.97. The zero-order valence-corrected chi connectivity index (χ0v) is 20.4. The molecule has 1 aromatic carbocycles. The normalized spacial score (nSPS) is 16.1. The summed E-state index contributed by atoms with van der Waals surface area (Å²) in [6.07, 6.45) is 0.514. The molecule has 36 heavy (non-hydrogen) atoms. The smallest absolute Gasteiger partial charge is 0.320 e. The third-order valence-electron chi connectivity index (χ3n) is 6.24. The molecule has 3 heterocycles. The van der Waals surface area contributed by atoms with Gasteiger partial charge in [-0.1, -0.05) is 6.07 Å². The van der Waals surface area contributed by atoms with Crippen LogP contribution in [0, 0.1) is 5.82 Å². The minimum absolute atomic E-state index is 0.0759. The predicted molar refractivity (Wildman–Crippen MR) is 132 cm³/mol. The van der Waals surface area contributed by atoms with Crippen molar-refractivity contribution in [3.8, 4) is 0 Å². The molecule has 3 amide bonds. The lowest BCUT2D eigenvalue weighted by Gasteiger charge is -2.35. The summed E-state index contributed by atoms with van der Waals surface area (Å²) in [4.78, 5) is 33.7. The van der Waals surface area contributed by atoms with Gasteiger partial charge in [-0.3, -0.25) is 9.80 Å². The van der Waals surface area contributed by atoms with Crippen LogP contribution >= 0.6 is 0 Å². The maximum Gasteiger partial charge on any atom is 0.320 e. The van der Waals surface area contributed by atoms with Crippen molar-refractivity contribution >= 4 is 23.6 Å². The van der Waals surface area contributed by atoms with Gasteiger partial charge in [0.25, 0.3) is 5.91 Å². The van der Waals surface area contributed by atoms with Gasteiger partial charge in [-0.05, 0) is 55.7 Å². The standard InChI is InChI=1S/C24H31FN8O3/c1-15(2)33(27)22(30-26)20-4-3-5-21(28-20)29-23(34)18-12-17-14-32(7-6-16(17)13-19(18)25)24(35)31-8-10-36-11-9-31/h3-5,12-13,15H,6-11,14,26-27H2,1-2H3,(H,28,29,34)/b30-22-. The van der Waals surface area contributed by atoms with E-state index in [0.29, 0.717) is 51.5 Å². The van der Waals surface area contributed by atoms with Gasteiger partial charge in [0, 0.05) is 32.2 Å². The molecular formula is C24H31FN8O3. The Kier molecular flexibility index (Phi) is 7.65. The number of amidine groups is 1. The monoisotopic (exact) mass is 498 g/mol. The highest BCUT2D eigenvalue weighted by Gasteiger charge is 2.28. The lowest BCUT2D eigenvalue weighted by molar-refractivity contribution is 0.0421. The molecule has 0 aliphatic carbocycles. The number of hydrogen-bond donors (Lipinski definition) is 3. The number of anilines is 1. The first-order valence-electron chi connectivity index (χ1n) is 11.8. The zero-order valence-electron chi connectivity index (χ0n) is 20.4. The Bertz CT molecular complexity index is 1170. The van der Waals surface area contributed by atoms with Gasteiger partial charge in [-0.15, -0.1) is 0 Å². The first kappa shape index (κ1) is 25.3. The molecule has 0 saturated carbocycles. The lowest BCUT2D eigenvalue weighted by Crippen LogP contribution is -2.49. The number of morpholine rings is 1. The summed E-state index contributed by atoms with van der Waals surface area (Å²) in [5.74, 6) is 10.7. The number of nitrogens with one attached hydrogen (secondary N) is 1. The number of pyridine rings is 1. The van der Waals surface area contributed by atoms with Crippen LogP contribution in [0.4, 0.5) is 15.0 Å². The summed E-state index contributed by atoms with van der Waals surface area (Å²) in [5, 5.41) is 7.71. The summed E-state index contributed by atoms with van der Waals surface area (Å²) >= 11 is 0. The fourth-order valence-electron chi connectivity index (χ4n) is 4.19. The predicted octanol–water partition coefficient (Wildman–Crippen LogP) is 1.49. The number of hydrazone groups is 1. The third kappa shape index (κ3) is 5.39. The van der Waals surface area contributed by atoms with Crippen molar-refractivity contribution in [2.45, 2.75) is 32.9 Å². The number of halogens is 1. The first-order valence-corrected chi connectivity index (χ1v) is 11.8. The van der Waals surface area contributed by atoms with Gasteiger partial charge in [0.15, 0.2) is 5.84 Å². The number of amides is 3. The van der Waals surface area contributed by atoms with E-state index in [-0.39, 0.29) is 29.3 Å². The van der Waals surface area contributed by atoms with Crippen molar-refractivity contribution in [1.29, 1.82) is 0 Å². The maximum absolute atomic E-state index is 14.9. The van der Waals surface area contributed by atoms with Crippen molar-refractivity contribution in [2.75, 3.05) is 38.2 Å². The molecular weight excluding hydrogens is 467 g/mol. The average Bonchev–Trinajstić information content (AvgIpc) is 2.88. The summed E-state index contributed by atoms with van der Waals surface area (Å²) in [7, 11) is 0. The number of rotatable bonds is 4. The summed E-state index contributed by atoms with van der Waals surface area (Å²) in [6, 6.07) is 7.61. The number of carbonyl (C=O) groups excluding carboxylic acids is 2. The molecule has 0 atom stereocenters. The van der Waals surface area contributed by atoms with E-state index in [9.17, 15) is 14.0 Å². The molecule has 0 radical (unpaired) electrons. The van der Waals surface area contributed by atoms with Gasteiger partial charge in [0.05, 0.1) is 18.8 Å². The summed E-state index contributed by atoms with van der Waals surface area (Å²) < 4.78 is 20.2. The number of hydrazine groups is 1. The molecule has 0 unspecified atom stereocenters. The molecule has 2 aliphatic heterocycles. The minimum atomic E-state index is -0.656. The minimum Gasteiger partial charge on any atom is -0.378 e. The topological polar surface area (TPSA) is 142 Å². The zero-order chi connectivity index (χ0) is 25.8. The quantitative estimate of drug-likeness (QED) is 0.251. The number of carbonyl (C=O) groups is 2. The van der Waals surface area contributed by atoms with Crippen LogP contribution in [0.1, 0.15) is 41.0 Å². The summed E-state index contributed by atoms with van der Waals surface area (Å²) in [5.41, 5.74) is 1.76. The molecule has 12 heteroatoms. The summed E-state index contributed by atoms with van der Waals surface area (Å²) in [6.45, 7) is 6.64. The average molecular weight is 499 g/mol. The Morgan fingerprint density at radius 2 is 1.92 bits per heavy atom. The molecule has 4 rings (SSSR count). The molecule has 11 nitrogen and oxygen atoms in total.